The first-order chi connectivity index (χ1) is 15.1. The summed E-state index contributed by atoms with van der Waals surface area (Å²) < 4.78 is 5.42. The van der Waals surface area contributed by atoms with Crippen molar-refractivity contribution in [3.05, 3.63) is 35.7 Å². The normalized spacial score (nSPS) is 20.8. The van der Waals surface area contributed by atoms with Crippen LogP contribution in [-0.4, -0.2) is 82.0 Å². The second-order valence-electron chi connectivity index (χ2n) is 8.91. The maximum Gasteiger partial charge on any atom is 0.253 e. The molecule has 1 aliphatic carbocycles. The van der Waals surface area contributed by atoms with Gasteiger partial charge in [-0.1, -0.05) is 6.42 Å². The summed E-state index contributed by atoms with van der Waals surface area (Å²) >= 11 is 0. The third-order valence-electron chi connectivity index (χ3n) is 6.86. The van der Waals surface area contributed by atoms with E-state index in [9.17, 15) is 9.59 Å². The van der Waals surface area contributed by atoms with Gasteiger partial charge in [0.25, 0.3) is 5.91 Å². The summed E-state index contributed by atoms with van der Waals surface area (Å²) in [5, 5.41) is 7.83. The molecule has 2 aromatic rings. The number of hydrogen-bond acceptors (Lipinski definition) is 6. The van der Waals surface area contributed by atoms with Crippen molar-refractivity contribution in [1.82, 2.24) is 24.9 Å². The predicted molar refractivity (Wildman–Crippen MR) is 114 cm³/mol. The summed E-state index contributed by atoms with van der Waals surface area (Å²) in [6.45, 7) is 6.49. The van der Waals surface area contributed by atoms with Crippen LogP contribution in [0.25, 0.3) is 11.5 Å². The van der Waals surface area contributed by atoms with Gasteiger partial charge in [-0.3, -0.25) is 14.5 Å². The quantitative estimate of drug-likeness (QED) is 0.750. The molecule has 1 aromatic heterocycles. The van der Waals surface area contributed by atoms with Crippen molar-refractivity contribution in [1.29, 1.82) is 0 Å². The van der Waals surface area contributed by atoms with E-state index in [4.69, 9.17) is 4.42 Å². The molecule has 0 atom stereocenters. The molecule has 8 nitrogen and oxygen atoms in total. The van der Waals surface area contributed by atoms with Crippen LogP contribution >= 0.6 is 0 Å². The van der Waals surface area contributed by atoms with Crippen molar-refractivity contribution < 1.29 is 14.0 Å². The van der Waals surface area contributed by atoms with Crippen LogP contribution in [0.3, 0.4) is 0 Å². The summed E-state index contributed by atoms with van der Waals surface area (Å²) in [5.41, 5.74) is 1.39. The fourth-order valence-corrected chi connectivity index (χ4v) is 4.68. The molecule has 2 aliphatic heterocycles. The third kappa shape index (κ3) is 4.08. The van der Waals surface area contributed by atoms with Gasteiger partial charge in [-0.25, -0.2) is 0 Å². The van der Waals surface area contributed by atoms with Crippen molar-refractivity contribution in [3.8, 4) is 11.5 Å². The molecule has 1 aromatic carbocycles. The Morgan fingerprint density at radius 2 is 1.71 bits per heavy atom. The van der Waals surface area contributed by atoms with E-state index in [1.165, 1.54) is 19.3 Å². The molecule has 0 N–H and O–H groups in total. The number of nitrogens with zero attached hydrogens (tertiary/aromatic N) is 5. The molecule has 3 heterocycles. The lowest BCUT2D eigenvalue weighted by Crippen LogP contribution is -2.56. The lowest BCUT2D eigenvalue weighted by atomic mass is 9.91. The Morgan fingerprint density at radius 1 is 0.935 bits per heavy atom. The van der Waals surface area contributed by atoms with Crippen LogP contribution in [0.1, 0.15) is 41.9 Å². The molecule has 3 aliphatic rings. The van der Waals surface area contributed by atoms with Crippen LogP contribution in [0, 0.1) is 12.8 Å². The average Bonchev–Trinajstić information content (AvgIpc) is 2.99. The summed E-state index contributed by atoms with van der Waals surface area (Å²) in [5.74, 6) is 1.05. The highest BCUT2D eigenvalue weighted by atomic mass is 16.4. The Labute approximate surface area is 182 Å². The molecule has 2 saturated heterocycles. The third-order valence-corrected chi connectivity index (χ3v) is 6.86. The number of hydrogen-bond donors (Lipinski definition) is 0. The Balaban J connectivity index is 1.13. The molecule has 0 radical (unpaired) electrons. The molecule has 3 fully saturated rings. The molecule has 5 rings (SSSR count). The molecule has 1 saturated carbocycles. The smallest absolute Gasteiger partial charge is 0.253 e. The first kappa shape index (κ1) is 20.2. The zero-order chi connectivity index (χ0) is 21.4. The Bertz CT molecular complexity index is 946. The number of benzene rings is 1. The summed E-state index contributed by atoms with van der Waals surface area (Å²) in [7, 11) is 0. The van der Waals surface area contributed by atoms with Crippen molar-refractivity contribution in [2.45, 2.75) is 38.6 Å². The van der Waals surface area contributed by atoms with Crippen LogP contribution in [0.4, 0.5) is 0 Å². The number of rotatable bonds is 4. The average molecular weight is 424 g/mol. The van der Waals surface area contributed by atoms with Gasteiger partial charge in [0, 0.05) is 63.4 Å². The van der Waals surface area contributed by atoms with Crippen LogP contribution in [0.2, 0.25) is 0 Å². The maximum absolute atomic E-state index is 12.9. The Morgan fingerprint density at radius 3 is 2.35 bits per heavy atom. The molecule has 0 unspecified atom stereocenters. The van der Waals surface area contributed by atoms with E-state index in [1.54, 1.807) is 24.0 Å². The molecule has 0 spiro atoms. The minimum absolute atomic E-state index is 0.0377. The van der Waals surface area contributed by atoms with Gasteiger partial charge in [0.05, 0.1) is 5.92 Å². The first-order valence-electron chi connectivity index (χ1n) is 11.3. The highest BCUT2D eigenvalue weighted by Gasteiger charge is 2.39. The SMILES string of the molecule is Cc1nnc(-c2ccc(C(=O)N3CC(C(=O)N4CCCN(C5CCC5)CC4)C3)cc2)o1. The monoisotopic (exact) mass is 423 g/mol. The molecule has 31 heavy (non-hydrogen) atoms. The van der Waals surface area contributed by atoms with E-state index in [-0.39, 0.29) is 17.7 Å². The fraction of sp³-hybridized carbons (Fsp3) is 0.565. The largest absolute Gasteiger partial charge is 0.421 e. The van der Waals surface area contributed by atoms with Gasteiger partial charge in [-0.15, -0.1) is 10.2 Å². The van der Waals surface area contributed by atoms with E-state index in [0.717, 1.165) is 44.2 Å². The number of amides is 2. The zero-order valence-corrected chi connectivity index (χ0v) is 18.0. The predicted octanol–water partition coefficient (Wildman–Crippen LogP) is 2.20. The molecule has 0 bridgehead atoms. The highest BCUT2D eigenvalue weighted by molar-refractivity contribution is 5.96. The van der Waals surface area contributed by atoms with Gasteiger partial charge in [0.1, 0.15) is 0 Å². The lowest BCUT2D eigenvalue weighted by Gasteiger charge is -2.40. The van der Waals surface area contributed by atoms with Crippen LogP contribution in [-0.2, 0) is 4.79 Å². The zero-order valence-electron chi connectivity index (χ0n) is 18.0. The number of carbonyl (C=O) groups is 2. The van der Waals surface area contributed by atoms with Crippen molar-refractivity contribution >= 4 is 11.8 Å². The molecular formula is C23H29N5O3. The number of aryl methyl sites for hydroxylation is 1. The topological polar surface area (TPSA) is 82.8 Å². The lowest BCUT2D eigenvalue weighted by molar-refractivity contribution is -0.139. The molecular weight excluding hydrogens is 394 g/mol. The second kappa shape index (κ2) is 8.42. The van der Waals surface area contributed by atoms with E-state index < -0.39 is 0 Å². The van der Waals surface area contributed by atoms with Gasteiger partial charge in [0.2, 0.25) is 17.7 Å². The first-order valence-corrected chi connectivity index (χ1v) is 11.3. The van der Waals surface area contributed by atoms with Crippen LogP contribution < -0.4 is 0 Å². The van der Waals surface area contributed by atoms with Crippen molar-refractivity contribution in [2.75, 3.05) is 39.3 Å². The molecule has 2 amide bonds. The van der Waals surface area contributed by atoms with E-state index in [0.29, 0.717) is 30.4 Å². The van der Waals surface area contributed by atoms with Gasteiger partial charge in [-0.05, 0) is 43.5 Å². The van der Waals surface area contributed by atoms with Crippen LogP contribution in [0.5, 0.6) is 0 Å². The number of carbonyl (C=O) groups excluding carboxylic acids is 2. The molecule has 164 valence electrons. The van der Waals surface area contributed by atoms with Gasteiger partial charge < -0.3 is 14.2 Å². The van der Waals surface area contributed by atoms with Gasteiger partial charge in [0.15, 0.2) is 0 Å². The van der Waals surface area contributed by atoms with Crippen molar-refractivity contribution in [3.63, 3.8) is 0 Å². The summed E-state index contributed by atoms with van der Waals surface area (Å²) in [6.07, 6.45) is 5.00. The highest BCUT2D eigenvalue weighted by Crippen LogP contribution is 2.27. The summed E-state index contributed by atoms with van der Waals surface area (Å²) in [6, 6.07) is 7.91. The Hall–Kier alpha value is -2.74. The van der Waals surface area contributed by atoms with Crippen LogP contribution in [0.15, 0.2) is 28.7 Å². The van der Waals surface area contributed by atoms with Crippen molar-refractivity contribution in [2.24, 2.45) is 5.92 Å². The maximum atomic E-state index is 12.9. The van der Waals surface area contributed by atoms with Gasteiger partial charge in [-0.2, -0.15) is 0 Å². The number of aromatic nitrogens is 2. The molecule has 8 heteroatoms. The fourth-order valence-electron chi connectivity index (χ4n) is 4.68. The summed E-state index contributed by atoms with van der Waals surface area (Å²) in [4.78, 5) is 32.1. The van der Waals surface area contributed by atoms with E-state index in [2.05, 4.69) is 15.1 Å². The van der Waals surface area contributed by atoms with E-state index >= 15 is 0 Å². The number of likely N-dealkylation sites (tertiary alicyclic amines) is 1. The minimum Gasteiger partial charge on any atom is -0.421 e. The minimum atomic E-state index is -0.0696. The van der Waals surface area contributed by atoms with E-state index in [1.807, 2.05) is 17.0 Å². The standard InChI is InChI=1S/C23H29N5O3/c1-16-24-25-21(31-16)17-6-8-18(9-7-17)22(29)28-14-19(15-28)23(30)27-11-3-10-26(12-13-27)20-4-2-5-20/h6-9,19-20H,2-5,10-15H2,1H3. The van der Waals surface area contributed by atoms with Gasteiger partial charge >= 0.3 is 0 Å². The second-order valence-corrected chi connectivity index (χ2v) is 8.91. The Kier molecular flexibility index (Phi) is 5.48.